The fourth-order valence-electron chi connectivity index (χ4n) is 1.90. The highest BCUT2D eigenvalue weighted by atomic mass is 32.2. The third-order valence-electron chi connectivity index (χ3n) is 3.13. The topological polar surface area (TPSA) is 72.2 Å². The van der Waals surface area contributed by atoms with Crippen LogP contribution in [0.4, 0.5) is 4.39 Å². The third kappa shape index (κ3) is 4.54. The van der Waals surface area contributed by atoms with Crippen LogP contribution in [0.5, 0.6) is 0 Å². The Labute approximate surface area is 120 Å². The standard InChI is InChI=1S/C14H23FN2O2S/c1-10(2)5-4-6-17-20(18,19)14-8-12(9-16)7-13(15)11(14)3/h7-8,10,17H,4-6,9,16H2,1-3H3. The number of hydrogen-bond acceptors (Lipinski definition) is 3. The minimum atomic E-state index is -3.69. The molecule has 0 saturated heterocycles. The number of rotatable bonds is 7. The molecule has 0 aliphatic rings. The van der Waals surface area contributed by atoms with Gasteiger partial charge in [0.15, 0.2) is 0 Å². The number of benzene rings is 1. The molecule has 0 aliphatic carbocycles. The van der Waals surface area contributed by atoms with Crippen LogP contribution < -0.4 is 10.5 Å². The van der Waals surface area contributed by atoms with Crippen molar-refractivity contribution in [3.63, 3.8) is 0 Å². The molecule has 3 N–H and O–H groups in total. The van der Waals surface area contributed by atoms with Crippen LogP contribution in [0.2, 0.25) is 0 Å². The highest BCUT2D eigenvalue weighted by Crippen LogP contribution is 2.20. The molecule has 0 aromatic heterocycles. The molecule has 4 nitrogen and oxygen atoms in total. The van der Waals surface area contributed by atoms with Crippen molar-refractivity contribution in [3.8, 4) is 0 Å². The van der Waals surface area contributed by atoms with Gasteiger partial charge in [0.1, 0.15) is 5.82 Å². The number of halogens is 1. The monoisotopic (exact) mass is 302 g/mol. The normalized spacial score (nSPS) is 12.1. The smallest absolute Gasteiger partial charge is 0.240 e. The highest BCUT2D eigenvalue weighted by molar-refractivity contribution is 7.89. The SMILES string of the molecule is Cc1c(F)cc(CN)cc1S(=O)(=O)NCCCC(C)C. The zero-order valence-corrected chi connectivity index (χ0v) is 13.1. The van der Waals surface area contributed by atoms with E-state index in [2.05, 4.69) is 18.6 Å². The second-order valence-electron chi connectivity index (χ2n) is 5.34. The van der Waals surface area contributed by atoms with Crippen LogP contribution >= 0.6 is 0 Å². The lowest BCUT2D eigenvalue weighted by molar-refractivity contribution is 0.538. The van der Waals surface area contributed by atoms with E-state index in [0.717, 1.165) is 12.8 Å². The van der Waals surface area contributed by atoms with Gasteiger partial charge in [0, 0.05) is 18.7 Å². The Morgan fingerprint density at radius 3 is 2.55 bits per heavy atom. The lowest BCUT2D eigenvalue weighted by Crippen LogP contribution is -2.26. The van der Waals surface area contributed by atoms with Gasteiger partial charge in [0.25, 0.3) is 0 Å². The summed E-state index contributed by atoms with van der Waals surface area (Å²) < 4.78 is 40.6. The molecule has 0 aliphatic heterocycles. The van der Waals surface area contributed by atoms with E-state index in [4.69, 9.17) is 5.73 Å². The van der Waals surface area contributed by atoms with Crippen molar-refractivity contribution in [1.29, 1.82) is 0 Å². The second kappa shape index (κ2) is 7.15. The second-order valence-corrected chi connectivity index (χ2v) is 7.07. The number of nitrogens with one attached hydrogen (secondary N) is 1. The van der Waals surface area contributed by atoms with E-state index in [1.807, 2.05) is 0 Å². The molecule has 1 aromatic carbocycles. The maximum Gasteiger partial charge on any atom is 0.240 e. The predicted octanol–water partition coefficient (Wildman–Crippen LogP) is 2.31. The molecule has 0 saturated carbocycles. The molecule has 0 fully saturated rings. The molecule has 114 valence electrons. The summed E-state index contributed by atoms with van der Waals surface area (Å²) in [6.07, 6.45) is 1.70. The van der Waals surface area contributed by atoms with Crippen LogP contribution in [-0.4, -0.2) is 15.0 Å². The Morgan fingerprint density at radius 1 is 1.35 bits per heavy atom. The zero-order valence-electron chi connectivity index (χ0n) is 12.2. The first-order valence-corrected chi connectivity index (χ1v) is 8.25. The molecule has 0 radical (unpaired) electrons. The van der Waals surface area contributed by atoms with Crippen molar-refractivity contribution < 1.29 is 12.8 Å². The number of sulfonamides is 1. The quantitative estimate of drug-likeness (QED) is 0.759. The summed E-state index contributed by atoms with van der Waals surface area (Å²) in [6, 6.07) is 2.70. The van der Waals surface area contributed by atoms with E-state index in [9.17, 15) is 12.8 Å². The Hall–Kier alpha value is -0.980. The summed E-state index contributed by atoms with van der Waals surface area (Å²) in [5.41, 5.74) is 6.05. The van der Waals surface area contributed by atoms with Gasteiger partial charge in [0.2, 0.25) is 10.0 Å². The van der Waals surface area contributed by atoms with Crippen molar-refractivity contribution >= 4 is 10.0 Å². The average molecular weight is 302 g/mol. The Bertz CT molecular complexity index is 557. The van der Waals surface area contributed by atoms with Crippen molar-refractivity contribution in [2.24, 2.45) is 11.7 Å². The summed E-state index contributed by atoms with van der Waals surface area (Å²) in [6.45, 7) is 6.08. The van der Waals surface area contributed by atoms with Crippen LogP contribution in [0.3, 0.4) is 0 Å². The van der Waals surface area contributed by atoms with Gasteiger partial charge in [-0.2, -0.15) is 0 Å². The van der Waals surface area contributed by atoms with Crippen molar-refractivity contribution in [2.45, 2.75) is 45.1 Å². The predicted molar refractivity (Wildman–Crippen MR) is 78.3 cm³/mol. The first-order valence-electron chi connectivity index (χ1n) is 6.76. The lowest BCUT2D eigenvalue weighted by atomic mass is 10.1. The van der Waals surface area contributed by atoms with Crippen molar-refractivity contribution in [1.82, 2.24) is 4.72 Å². The van der Waals surface area contributed by atoms with Crippen LogP contribution in [0.15, 0.2) is 17.0 Å². The van der Waals surface area contributed by atoms with Crippen molar-refractivity contribution in [3.05, 3.63) is 29.1 Å². The molecule has 20 heavy (non-hydrogen) atoms. The van der Waals surface area contributed by atoms with Gasteiger partial charge in [-0.1, -0.05) is 13.8 Å². The lowest BCUT2D eigenvalue weighted by Gasteiger charge is -2.12. The van der Waals surface area contributed by atoms with E-state index in [0.29, 0.717) is 18.0 Å². The molecule has 0 heterocycles. The van der Waals surface area contributed by atoms with Crippen LogP contribution in [0, 0.1) is 18.7 Å². The molecular formula is C14H23FN2O2S. The van der Waals surface area contributed by atoms with Gasteiger partial charge in [-0.05, 0) is 43.4 Å². The molecule has 0 spiro atoms. The number of nitrogens with two attached hydrogens (primary N) is 1. The summed E-state index contributed by atoms with van der Waals surface area (Å²) in [5.74, 6) is -0.0187. The first kappa shape index (κ1) is 17.1. The average Bonchev–Trinajstić information content (AvgIpc) is 2.37. The van der Waals surface area contributed by atoms with E-state index in [-0.39, 0.29) is 17.0 Å². The summed E-state index contributed by atoms with van der Waals surface area (Å²) in [7, 11) is -3.69. The fourth-order valence-corrected chi connectivity index (χ4v) is 3.27. The molecule has 1 rings (SSSR count). The van der Waals surface area contributed by atoms with Crippen LogP contribution in [0.25, 0.3) is 0 Å². The Morgan fingerprint density at radius 2 is 2.00 bits per heavy atom. The van der Waals surface area contributed by atoms with Gasteiger partial charge in [-0.15, -0.1) is 0 Å². The van der Waals surface area contributed by atoms with Gasteiger partial charge in [0.05, 0.1) is 4.90 Å². The minimum absolute atomic E-state index is 0.0255. The van der Waals surface area contributed by atoms with Gasteiger partial charge in [-0.25, -0.2) is 17.5 Å². The van der Waals surface area contributed by atoms with Gasteiger partial charge < -0.3 is 5.73 Å². The van der Waals surface area contributed by atoms with E-state index in [1.165, 1.54) is 19.1 Å². The van der Waals surface area contributed by atoms with Gasteiger partial charge >= 0.3 is 0 Å². The summed E-state index contributed by atoms with van der Waals surface area (Å²) in [5, 5.41) is 0. The molecule has 0 bridgehead atoms. The summed E-state index contributed by atoms with van der Waals surface area (Å²) in [4.78, 5) is -0.0255. The zero-order chi connectivity index (χ0) is 15.3. The maximum absolute atomic E-state index is 13.7. The molecule has 6 heteroatoms. The van der Waals surface area contributed by atoms with Crippen molar-refractivity contribution in [2.75, 3.05) is 6.54 Å². The molecular weight excluding hydrogens is 279 g/mol. The van der Waals surface area contributed by atoms with E-state index >= 15 is 0 Å². The van der Waals surface area contributed by atoms with E-state index in [1.54, 1.807) is 0 Å². The summed E-state index contributed by atoms with van der Waals surface area (Å²) >= 11 is 0. The van der Waals surface area contributed by atoms with Crippen LogP contribution in [-0.2, 0) is 16.6 Å². The largest absolute Gasteiger partial charge is 0.326 e. The Kier molecular flexibility index (Phi) is 6.10. The Balaban J connectivity index is 2.89. The first-order chi connectivity index (χ1) is 9.27. The maximum atomic E-state index is 13.7. The third-order valence-corrected chi connectivity index (χ3v) is 4.72. The molecule has 0 unspecified atom stereocenters. The van der Waals surface area contributed by atoms with Gasteiger partial charge in [-0.3, -0.25) is 0 Å². The fraction of sp³-hybridized carbons (Fsp3) is 0.571. The number of hydrogen-bond donors (Lipinski definition) is 2. The molecule has 0 amide bonds. The van der Waals surface area contributed by atoms with E-state index < -0.39 is 15.8 Å². The highest BCUT2D eigenvalue weighted by Gasteiger charge is 2.19. The minimum Gasteiger partial charge on any atom is -0.326 e. The molecule has 0 atom stereocenters. The molecule has 1 aromatic rings. The van der Waals surface area contributed by atoms with Crippen LogP contribution in [0.1, 0.15) is 37.8 Å².